The molecule has 2 rings (SSSR count). The van der Waals surface area contributed by atoms with Gasteiger partial charge in [0, 0.05) is 23.6 Å². The van der Waals surface area contributed by atoms with E-state index in [1.807, 2.05) is 0 Å². The second kappa shape index (κ2) is 5.44. The van der Waals surface area contributed by atoms with E-state index in [9.17, 15) is 9.18 Å². The Morgan fingerprint density at radius 2 is 2.26 bits per heavy atom. The molecule has 0 aliphatic heterocycles. The van der Waals surface area contributed by atoms with Gasteiger partial charge in [-0.15, -0.1) is 0 Å². The predicted molar refractivity (Wildman–Crippen MR) is 73.0 cm³/mol. The van der Waals surface area contributed by atoms with Crippen LogP contribution in [0.25, 0.3) is 0 Å². The molecule has 1 heterocycles. The Kier molecular flexibility index (Phi) is 3.90. The summed E-state index contributed by atoms with van der Waals surface area (Å²) in [6.45, 7) is 0.402. The average molecular weight is 327 g/mol. The van der Waals surface area contributed by atoms with Crippen LogP contribution >= 0.6 is 15.9 Å². The molecule has 0 atom stereocenters. The third-order valence-corrected chi connectivity index (χ3v) is 3.32. The highest BCUT2D eigenvalue weighted by molar-refractivity contribution is 9.10. The minimum Gasteiger partial charge on any atom is -0.472 e. The van der Waals surface area contributed by atoms with Crippen molar-refractivity contribution in [1.29, 1.82) is 0 Å². The minimum atomic E-state index is -0.555. The lowest BCUT2D eigenvalue weighted by atomic mass is 10.1. The van der Waals surface area contributed by atoms with Gasteiger partial charge in [-0.05, 0) is 34.1 Å². The lowest BCUT2D eigenvalue weighted by Crippen LogP contribution is -2.26. The number of hydrogen-bond acceptors (Lipinski definition) is 3. The zero-order valence-electron chi connectivity index (χ0n) is 10.2. The third kappa shape index (κ3) is 2.96. The van der Waals surface area contributed by atoms with E-state index in [-0.39, 0.29) is 11.6 Å². The number of nitrogen functional groups attached to an aromatic ring is 1. The van der Waals surface area contributed by atoms with Crippen molar-refractivity contribution in [3.8, 4) is 0 Å². The molecule has 0 saturated carbocycles. The van der Waals surface area contributed by atoms with E-state index in [2.05, 4.69) is 15.9 Å². The second-order valence-electron chi connectivity index (χ2n) is 4.15. The summed E-state index contributed by atoms with van der Waals surface area (Å²) in [5.41, 5.74) is 6.63. The van der Waals surface area contributed by atoms with Crippen LogP contribution in [0.4, 0.5) is 10.1 Å². The molecule has 2 aromatic rings. The fourth-order valence-electron chi connectivity index (χ4n) is 1.66. The number of carbonyl (C=O) groups is 1. The number of amides is 1. The maximum atomic E-state index is 13.2. The molecule has 2 N–H and O–H groups in total. The number of anilines is 1. The summed E-state index contributed by atoms with van der Waals surface area (Å²) < 4.78 is 18.6. The van der Waals surface area contributed by atoms with Crippen molar-refractivity contribution in [2.75, 3.05) is 12.8 Å². The largest absolute Gasteiger partial charge is 0.472 e. The van der Waals surface area contributed by atoms with Crippen LogP contribution < -0.4 is 5.73 Å². The van der Waals surface area contributed by atoms with Crippen molar-refractivity contribution in [3.63, 3.8) is 0 Å². The second-order valence-corrected chi connectivity index (χ2v) is 5.00. The molecule has 1 aromatic carbocycles. The molecule has 100 valence electrons. The average Bonchev–Trinajstić information content (AvgIpc) is 2.85. The number of halogens is 2. The number of furan rings is 1. The van der Waals surface area contributed by atoms with Gasteiger partial charge in [0.15, 0.2) is 0 Å². The van der Waals surface area contributed by atoms with E-state index in [4.69, 9.17) is 10.2 Å². The summed E-state index contributed by atoms with van der Waals surface area (Å²) in [6.07, 6.45) is 3.11. The normalized spacial score (nSPS) is 10.5. The van der Waals surface area contributed by atoms with Gasteiger partial charge in [-0.2, -0.15) is 0 Å². The van der Waals surface area contributed by atoms with Crippen LogP contribution in [-0.2, 0) is 6.54 Å². The van der Waals surface area contributed by atoms with Crippen molar-refractivity contribution in [2.24, 2.45) is 0 Å². The molecule has 1 aromatic heterocycles. The molecule has 0 bridgehead atoms. The van der Waals surface area contributed by atoms with Crippen molar-refractivity contribution >= 4 is 27.5 Å². The van der Waals surface area contributed by atoms with E-state index in [1.54, 1.807) is 25.6 Å². The molecule has 0 radical (unpaired) electrons. The Balaban J connectivity index is 2.21. The maximum absolute atomic E-state index is 13.2. The van der Waals surface area contributed by atoms with E-state index in [0.29, 0.717) is 16.6 Å². The molecule has 19 heavy (non-hydrogen) atoms. The predicted octanol–water partition coefficient (Wildman–Crippen LogP) is 3.04. The first-order valence-corrected chi connectivity index (χ1v) is 6.29. The molecule has 0 aliphatic rings. The SMILES string of the molecule is CN(Cc1ccoc1)C(=O)c1cc(N)c(F)cc1Br. The molecular weight excluding hydrogens is 315 g/mol. The van der Waals surface area contributed by atoms with Crippen LogP contribution in [0.3, 0.4) is 0 Å². The van der Waals surface area contributed by atoms with E-state index in [1.165, 1.54) is 17.0 Å². The summed E-state index contributed by atoms with van der Waals surface area (Å²) in [4.78, 5) is 13.7. The first-order valence-electron chi connectivity index (χ1n) is 5.50. The molecule has 1 amide bonds. The number of nitrogens with zero attached hydrogens (tertiary/aromatic N) is 1. The number of hydrogen-bond donors (Lipinski definition) is 1. The van der Waals surface area contributed by atoms with Gasteiger partial charge in [-0.3, -0.25) is 4.79 Å². The van der Waals surface area contributed by atoms with Crippen molar-refractivity contribution in [1.82, 2.24) is 4.90 Å². The number of benzene rings is 1. The summed E-state index contributed by atoms with van der Waals surface area (Å²) in [7, 11) is 1.65. The van der Waals surface area contributed by atoms with Gasteiger partial charge in [-0.25, -0.2) is 4.39 Å². The Labute approximate surface area is 118 Å². The maximum Gasteiger partial charge on any atom is 0.255 e. The topological polar surface area (TPSA) is 59.5 Å². The van der Waals surface area contributed by atoms with Crippen LogP contribution in [-0.4, -0.2) is 17.9 Å². The van der Waals surface area contributed by atoms with Gasteiger partial charge in [-0.1, -0.05) is 0 Å². The van der Waals surface area contributed by atoms with E-state index < -0.39 is 5.82 Å². The lowest BCUT2D eigenvalue weighted by Gasteiger charge is -2.17. The fraction of sp³-hybridized carbons (Fsp3) is 0.154. The lowest BCUT2D eigenvalue weighted by molar-refractivity contribution is 0.0784. The molecule has 6 heteroatoms. The fourth-order valence-corrected chi connectivity index (χ4v) is 2.15. The molecule has 0 spiro atoms. The Hall–Kier alpha value is -1.82. The standard InChI is InChI=1S/C13H12BrFN2O2/c1-17(6-8-2-3-19-7-8)13(18)9-4-12(16)11(15)5-10(9)14/h2-5,7H,6,16H2,1H3. The third-order valence-electron chi connectivity index (χ3n) is 2.66. The van der Waals surface area contributed by atoms with Gasteiger partial charge in [0.2, 0.25) is 0 Å². The number of rotatable bonds is 3. The highest BCUT2D eigenvalue weighted by Crippen LogP contribution is 2.24. The summed E-state index contributed by atoms with van der Waals surface area (Å²) in [5.74, 6) is -0.805. The zero-order chi connectivity index (χ0) is 14.0. The van der Waals surface area contributed by atoms with Crippen LogP contribution in [0.2, 0.25) is 0 Å². The summed E-state index contributed by atoms with van der Waals surface area (Å²) in [5, 5.41) is 0. The van der Waals surface area contributed by atoms with Crippen LogP contribution in [0, 0.1) is 5.82 Å². The van der Waals surface area contributed by atoms with Gasteiger partial charge in [0.05, 0.1) is 23.8 Å². The molecule has 0 unspecified atom stereocenters. The molecular formula is C13H12BrFN2O2. The van der Waals surface area contributed by atoms with Crippen molar-refractivity contribution in [3.05, 3.63) is 52.1 Å². The number of nitrogens with two attached hydrogens (primary N) is 1. The first kappa shape index (κ1) is 13.6. The van der Waals surface area contributed by atoms with E-state index >= 15 is 0 Å². The van der Waals surface area contributed by atoms with Crippen LogP contribution in [0.5, 0.6) is 0 Å². The molecule has 4 nitrogen and oxygen atoms in total. The first-order chi connectivity index (χ1) is 8.99. The smallest absolute Gasteiger partial charge is 0.255 e. The number of carbonyl (C=O) groups excluding carboxylic acids is 1. The summed E-state index contributed by atoms with van der Waals surface area (Å²) >= 11 is 3.17. The zero-order valence-corrected chi connectivity index (χ0v) is 11.8. The monoisotopic (exact) mass is 326 g/mol. The Morgan fingerprint density at radius 3 is 2.89 bits per heavy atom. The van der Waals surface area contributed by atoms with Gasteiger partial charge < -0.3 is 15.1 Å². The molecule has 0 fully saturated rings. The van der Waals surface area contributed by atoms with E-state index in [0.717, 1.165) is 5.56 Å². The molecule has 0 saturated heterocycles. The highest BCUT2D eigenvalue weighted by atomic mass is 79.9. The van der Waals surface area contributed by atoms with Gasteiger partial charge in [0.25, 0.3) is 5.91 Å². The highest BCUT2D eigenvalue weighted by Gasteiger charge is 2.17. The van der Waals surface area contributed by atoms with Gasteiger partial charge in [0.1, 0.15) is 5.82 Å². The van der Waals surface area contributed by atoms with Crippen molar-refractivity contribution in [2.45, 2.75) is 6.54 Å². The summed E-state index contributed by atoms with van der Waals surface area (Å²) in [6, 6.07) is 4.29. The molecule has 0 aliphatic carbocycles. The van der Waals surface area contributed by atoms with Gasteiger partial charge >= 0.3 is 0 Å². The Morgan fingerprint density at radius 1 is 1.53 bits per heavy atom. The quantitative estimate of drug-likeness (QED) is 0.882. The van der Waals surface area contributed by atoms with Crippen molar-refractivity contribution < 1.29 is 13.6 Å². The van der Waals surface area contributed by atoms with Crippen LogP contribution in [0.15, 0.2) is 39.6 Å². The minimum absolute atomic E-state index is 0.0525. The van der Waals surface area contributed by atoms with Crippen LogP contribution in [0.1, 0.15) is 15.9 Å². The Bertz CT molecular complexity index is 599.